The number of hydrogen-bond donors (Lipinski definition) is 3. The molecule has 2 aromatic rings. The molecule has 4 N–H and O–H groups in total. The van der Waals surface area contributed by atoms with E-state index in [0.29, 0.717) is 0 Å². The van der Waals surface area contributed by atoms with Crippen LogP contribution in [0.1, 0.15) is 6.23 Å². The van der Waals surface area contributed by atoms with Crippen molar-refractivity contribution in [3.05, 3.63) is 12.7 Å². The fourth-order valence-corrected chi connectivity index (χ4v) is 5.47. The van der Waals surface area contributed by atoms with E-state index in [4.69, 9.17) is 10.5 Å². The number of nitrogens with zero attached hydrogens (tertiary/aromatic N) is 4. The Kier molecular flexibility index (Phi) is 17.7. The van der Waals surface area contributed by atoms with E-state index in [1.165, 1.54) is 4.57 Å². The molecule has 1 aliphatic rings. The third-order valence-corrected chi connectivity index (χ3v) is 7.46. The Hall–Kier alpha value is 2.64. The van der Waals surface area contributed by atoms with Gasteiger partial charge in [-0.2, -0.15) is 0 Å². The van der Waals surface area contributed by atoms with Gasteiger partial charge in [0.2, 0.25) is 0 Å². The molecule has 35 heavy (non-hydrogen) atoms. The molecule has 18 nitrogen and oxygen atoms in total. The van der Waals surface area contributed by atoms with Crippen molar-refractivity contribution in [2.75, 3.05) is 12.3 Å². The first-order valence-electron chi connectivity index (χ1n) is 7.85. The first kappa shape index (κ1) is 39.8. The zero-order chi connectivity index (χ0) is 23.2. The summed E-state index contributed by atoms with van der Waals surface area (Å²) in [5.41, 5.74) is 5.92. The number of hydrogen-bond acceptors (Lipinski definition) is 17. The average Bonchev–Trinajstić information content (AvgIpc) is 3.13. The normalized spacial score (nSPS) is 25.2. The van der Waals surface area contributed by atoms with Crippen LogP contribution >= 0.6 is 23.5 Å². The smallest absolute Gasteiger partial charge is 0.790 e. The molecule has 6 unspecified atom stereocenters. The summed E-state index contributed by atoms with van der Waals surface area (Å²) >= 11 is 0. The molecule has 3 heterocycles. The summed E-state index contributed by atoms with van der Waals surface area (Å²) in [6.07, 6.45) is -3.99. The number of phosphoric acid groups is 3. The van der Waals surface area contributed by atoms with Gasteiger partial charge in [0.1, 0.15) is 30.2 Å². The van der Waals surface area contributed by atoms with Crippen LogP contribution in [0.4, 0.5) is 5.82 Å². The van der Waals surface area contributed by atoms with Gasteiger partial charge in [-0.15, -0.1) is 0 Å². The van der Waals surface area contributed by atoms with Crippen LogP contribution in [0.5, 0.6) is 0 Å². The van der Waals surface area contributed by atoms with E-state index in [0.717, 1.165) is 12.7 Å². The monoisotopic (exact) mass is 595 g/mol. The van der Waals surface area contributed by atoms with Crippen molar-refractivity contribution in [2.45, 2.75) is 24.5 Å². The van der Waals surface area contributed by atoms with Crippen molar-refractivity contribution >= 4 is 40.4 Å². The van der Waals surface area contributed by atoms with E-state index in [-0.39, 0.29) is 135 Å². The Bertz CT molecular complexity index is 1120. The molecule has 0 amide bonds. The van der Waals surface area contributed by atoms with E-state index >= 15 is 0 Å². The van der Waals surface area contributed by atoms with Crippen molar-refractivity contribution in [1.29, 1.82) is 0 Å². The number of nitrogens with two attached hydrogens (primary N) is 1. The van der Waals surface area contributed by atoms with Gasteiger partial charge in [0, 0.05) is 0 Å². The summed E-state index contributed by atoms with van der Waals surface area (Å²) in [7, 11) is -18.1. The van der Waals surface area contributed by atoms with Crippen LogP contribution in [0.25, 0.3) is 11.2 Å². The van der Waals surface area contributed by atoms with Gasteiger partial charge < -0.3 is 49.3 Å². The van der Waals surface area contributed by atoms with E-state index in [1.807, 2.05) is 0 Å². The number of phosphoric ester groups is 1. The SMILES string of the molecule is Nc1ncnc2c1ncn2C1OC(COP(=O)([O-])OP(=O)([O-])OP(=O)([O-])[O-])C(O)C1O.[Na+].[Na+].[Na+].[Na+]. The minimum Gasteiger partial charge on any atom is -0.790 e. The van der Waals surface area contributed by atoms with Crippen LogP contribution in [-0.2, 0) is 31.6 Å². The minimum absolute atomic E-state index is 0. The second-order valence-electron chi connectivity index (χ2n) is 5.93. The van der Waals surface area contributed by atoms with Gasteiger partial charge in [0.05, 0.1) is 20.8 Å². The van der Waals surface area contributed by atoms with E-state index in [1.54, 1.807) is 0 Å². The summed E-state index contributed by atoms with van der Waals surface area (Å²) < 4.78 is 50.2. The van der Waals surface area contributed by atoms with Crippen molar-refractivity contribution in [1.82, 2.24) is 19.5 Å². The number of nitrogen functional groups attached to an aromatic ring is 1. The number of anilines is 1. The topological polar surface area (TPSA) is 290 Å². The second-order valence-corrected chi connectivity index (χ2v) is 10.2. The third-order valence-electron chi connectivity index (χ3n) is 3.80. The van der Waals surface area contributed by atoms with Gasteiger partial charge >= 0.3 is 118 Å². The largest absolute Gasteiger partial charge is 1.00 e. The maximum Gasteiger partial charge on any atom is 1.00 e. The molecular weight excluding hydrogens is 583 g/mol. The summed E-state index contributed by atoms with van der Waals surface area (Å²) in [5, 5.41) is 20.3. The maximum absolute atomic E-state index is 11.6. The molecule has 0 spiro atoms. The molecule has 3 rings (SSSR count). The standard InChI is InChI=1S/C10H16N5O13P3.4Na/c11-8-5-9(13-2-12-8)15(3-14-5)10-7(17)6(16)4(26-10)1-25-30(21,22)28-31(23,24)27-29(18,19)20;;;;/h2-4,6-7,10,16-17H,1H2,(H,21,22)(H,23,24)(H2,11,12,13)(H2,18,19,20);;;;/q;4*+1/p-4. The molecule has 2 aromatic heterocycles. The Morgan fingerprint density at radius 3 is 2.14 bits per heavy atom. The Morgan fingerprint density at radius 1 is 0.971 bits per heavy atom. The molecule has 0 aromatic carbocycles. The predicted octanol–water partition coefficient (Wildman–Crippen LogP) is -16.1. The van der Waals surface area contributed by atoms with Gasteiger partial charge in [-0.25, -0.2) is 19.3 Å². The first-order chi connectivity index (χ1) is 14.2. The van der Waals surface area contributed by atoms with E-state index < -0.39 is 54.6 Å². The van der Waals surface area contributed by atoms with Crippen molar-refractivity contribution < 1.29 is 180 Å². The molecule has 0 radical (unpaired) electrons. The number of fused-ring (bicyclic) bond motifs is 1. The van der Waals surface area contributed by atoms with Crippen LogP contribution in [0.2, 0.25) is 0 Å². The molecule has 25 heteroatoms. The summed E-state index contributed by atoms with van der Waals surface area (Å²) in [4.78, 5) is 54.9. The maximum atomic E-state index is 11.6. The van der Waals surface area contributed by atoms with E-state index in [2.05, 4.69) is 28.1 Å². The van der Waals surface area contributed by atoms with Gasteiger partial charge in [-0.3, -0.25) is 18.0 Å². The van der Waals surface area contributed by atoms with Crippen LogP contribution in [0.15, 0.2) is 12.7 Å². The average molecular weight is 595 g/mol. The molecule has 0 bridgehead atoms. The molecule has 1 fully saturated rings. The zero-order valence-corrected chi connectivity index (χ0v) is 29.4. The van der Waals surface area contributed by atoms with Crippen molar-refractivity contribution in [3.63, 3.8) is 0 Å². The number of aliphatic hydroxyl groups is 2. The Balaban J connectivity index is 0. The number of rotatable bonds is 8. The molecule has 1 aliphatic heterocycles. The number of ether oxygens (including phenoxy) is 1. The van der Waals surface area contributed by atoms with Crippen molar-refractivity contribution in [2.24, 2.45) is 0 Å². The van der Waals surface area contributed by atoms with Gasteiger partial charge in [0.15, 0.2) is 17.7 Å². The third kappa shape index (κ3) is 10.9. The fraction of sp³-hybridized carbons (Fsp3) is 0.500. The number of imidazole rings is 1. The van der Waals surface area contributed by atoms with Gasteiger partial charge in [-0.05, 0) is 0 Å². The summed E-state index contributed by atoms with van der Waals surface area (Å²) in [6.45, 7) is -1.08. The number of aromatic nitrogens is 4. The molecule has 0 aliphatic carbocycles. The molecule has 174 valence electrons. The number of aliphatic hydroxyl groups excluding tert-OH is 2. The first-order valence-corrected chi connectivity index (χ1v) is 12.2. The predicted molar refractivity (Wildman–Crippen MR) is 86.6 cm³/mol. The molecule has 1 saturated heterocycles. The van der Waals surface area contributed by atoms with E-state index in [9.17, 15) is 43.5 Å². The van der Waals surface area contributed by atoms with Crippen LogP contribution in [-0.4, -0.2) is 54.7 Å². The second kappa shape index (κ2) is 15.6. The molecular formula is C10H12N5Na4O13P3. The van der Waals surface area contributed by atoms with Crippen LogP contribution < -0.4 is 144 Å². The minimum atomic E-state index is -6.14. The quantitative estimate of drug-likeness (QED) is 0.188. The van der Waals surface area contributed by atoms with Crippen LogP contribution in [0.3, 0.4) is 0 Å². The summed E-state index contributed by atoms with van der Waals surface area (Å²) in [6, 6.07) is 0. The summed E-state index contributed by atoms with van der Waals surface area (Å²) in [5.74, 6) is 0.0195. The zero-order valence-electron chi connectivity index (χ0n) is 18.8. The molecule has 0 saturated carbocycles. The van der Waals surface area contributed by atoms with Gasteiger partial charge in [-0.1, -0.05) is 0 Å². The molecule has 6 atom stereocenters. The Labute approximate surface area is 285 Å². The Morgan fingerprint density at radius 2 is 1.57 bits per heavy atom. The fourth-order valence-electron chi connectivity index (χ4n) is 2.60. The van der Waals surface area contributed by atoms with Gasteiger partial charge in [0.25, 0.3) is 15.6 Å². The van der Waals surface area contributed by atoms with Crippen molar-refractivity contribution in [3.8, 4) is 0 Å². The van der Waals surface area contributed by atoms with Crippen LogP contribution in [0, 0.1) is 0 Å².